The molecule has 1 aromatic carbocycles. The summed E-state index contributed by atoms with van der Waals surface area (Å²) in [5.74, 6) is -2.25. The second-order valence-electron chi connectivity index (χ2n) is 7.45. The molecule has 0 bridgehead atoms. The fraction of sp³-hybridized carbons (Fsp3) is 0.450. The van der Waals surface area contributed by atoms with Crippen molar-refractivity contribution < 1.29 is 27.5 Å². The van der Waals surface area contributed by atoms with Crippen LogP contribution >= 0.6 is 11.3 Å². The molecule has 0 unspecified atom stereocenters. The van der Waals surface area contributed by atoms with E-state index in [2.05, 4.69) is 24.1 Å². The molecule has 0 amide bonds. The number of thiazole rings is 1. The van der Waals surface area contributed by atoms with Crippen LogP contribution in [-0.2, 0) is 4.79 Å². The number of aromatic nitrogens is 3. The molecule has 0 radical (unpaired) electrons. The maximum Gasteiger partial charge on any atom is 0.490 e. The summed E-state index contributed by atoms with van der Waals surface area (Å²) in [6.07, 6.45) is -1.03. The average molecular weight is 458 g/mol. The molecular weight excluding hydrogens is 436 g/mol. The number of piperidine rings is 1. The maximum atomic E-state index is 14.5. The van der Waals surface area contributed by atoms with Gasteiger partial charge in [0.05, 0.1) is 16.9 Å². The minimum absolute atomic E-state index is 0.233. The lowest BCUT2D eigenvalue weighted by atomic mass is 9.99. The van der Waals surface area contributed by atoms with Crippen molar-refractivity contribution >= 4 is 28.2 Å². The molecule has 3 heterocycles. The third-order valence-electron chi connectivity index (χ3n) is 4.88. The monoisotopic (exact) mass is 458 g/mol. The largest absolute Gasteiger partial charge is 0.490 e. The van der Waals surface area contributed by atoms with Crippen LogP contribution in [0.1, 0.15) is 49.2 Å². The summed E-state index contributed by atoms with van der Waals surface area (Å²) < 4.78 is 48.0. The SMILES string of the molecule is CC(C)c1nn(-c2cnc(C3CCNCC3)s2)c2c(F)cccc12.O=C(O)C(F)(F)F. The number of aliphatic carboxylic acids is 1. The van der Waals surface area contributed by atoms with E-state index in [0.717, 1.165) is 47.0 Å². The van der Waals surface area contributed by atoms with Crippen LogP contribution in [0.25, 0.3) is 15.9 Å². The first kappa shape index (κ1) is 23.1. The summed E-state index contributed by atoms with van der Waals surface area (Å²) in [6.45, 7) is 6.25. The normalized spacial score (nSPS) is 15.2. The maximum absolute atomic E-state index is 14.5. The highest BCUT2D eigenvalue weighted by Crippen LogP contribution is 2.34. The van der Waals surface area contributed by atoms with Crippen molar-refractivity contribution in [1.29, 1.82) is 0 Å². The molecule has 6 nitrogen and oxygen atoms in total. The van der Waals surface area contributed by atoms with Crippen molar-refractivity contribution in [3.8, 4) is 5.00 Å². The van der Waals surface area contributed by atoms with Crippen LogP contribution in [0.4, 0.5) is 17.6 Å². The molecule has 0 spiro atoms. The van der Waals surface area contributed by atoms with Crippen LogP contribution in [0, 0.1) is 5.82 Å². The Kier molecular flexibility index (Phi) is 6.95. The number of halogens is 4. The Bertz CT molecular complexity index is 1060. The Balaban J connectivity index is 0.000000339. The lowest BCUT2D eigenvalue weighted by Gasteiger charge is -2.20. The van der Waals surface area contributed by atoms with Gasteiger partial charge in [-0.05, 0) is 37.9 Å². The molecule has 11 heteroatoms. The summed E-state index contributed by atoms with van der Waals surface area (Å²) >= 11 is 1.64. The number of hydrogen-bond acceptors (Lipinski definition) is 5. The zero-order valence-electron chi connectivity index (χ0n) is 16.9. The molecule has 31 heavy (non-hydrogen) atoms. The van der Waals surface area contributed by atoms with E-state index in [-0.39, 0.29) is 11.7 Å². The van der Waals surface area contributed by atoms with E-state index < -0.39 is 12.1 Å². The second kappa shape index (κ2) is 9.31. The van der Waals surface area contributed by atoms with Crippen molar-refractivity contribution in [3.63, 3.8) is 0 Å². The molecule has 2 N–H and O–H groups in total. The van der Waals surface area contributed by atoms with Gasteiger partial charge in [0.2, 0.25) is 0 Å². The zero-order valence-corrected chi connectivity index (χ0v) is 17.7. The van der Waals surface area contributed by atoms with Gasteiger partial charge in [0.15, 0.2) is 0 Å². The third kappa shape index (κ3) is 5.21. The fourth-order valence-electron chi connectivity index (χ4n) is 3.37. The van der Waals surface area contributed by atoms with Gasteiger partial charge in [0.25, 0.3) is 0 Å². The van der Waals surface area contributed by atoms with Crippen molar-refractivity contribution in [2.75, 3.05) is 13.1 Å². The van der Waals surface area contributed by atoms with Gasteiger partial charge in [0, 0.05) is 11.3 Å². The van der Waals surface area contributed by atoms with Crippen LogP contribution in [0.2, 0.25) is 0 Å². The zero-order chi connectivity index (χ0) is 22.8. The van der Waals surface area contributed by atoms with Crippen LogP contribution < -0.4 is 5.32 Å². The summed E-state index contributed by atoms with van der Waals surface area (Å²) in [5, 5.41) is 18.1. The molecule has 1 fully saturated rings. The van der Waals surface area contributed by atoms with Gasteiger partial charge >= 0.3 is 12.1 Å². The Morgan fingerprint density at radius 3 is 2.52 bits per heavy atom. The van der Waals surface area contributed by atoms with Gasteiger partial charge < -0.3 is 10.4 Å². The molecular formula is C20H22F4N4O2S. The van der Waals surface area contributed by atoms with Crippen LogP contribution in [0.3, 0.4) is 0 Å². The number of nitrogens with one attached hydrogen (secondary N) is 1. The average Bonchev–Trinajstić information content (AvgIpc) is 3.34. The van der Waals surface area contributed by atoms with Gasteiger partial charge in [-0.15, -0.1) is 0 Å². The van der Waals surface area contributed by atoms with Gasteiger partial charge in [-0.25, -0.2) is 18.9 Å². The van der Waals surface area contributed by atoms with E-state index in [9.17, 15) is 17.6 Å². The number of para-hydroxylation sites is 1. The van der Waals surface area contributed by atoms with E-state index in [0.29, 0.717) is 11.4 Å². The Labute approximate surface area is 179 Å². The number of benzene rings is 1. The number of fused-ring (bicyclic) bond motifs is 1. The van der Waals surface area contributed by atoms with E-state index in [1.807, 2.05) is 12.3 Å². The standard InChI is InChI=1S/C18H21FN4S.C2HF3O2/c1-11(2)16-13-4-3-5-14(19)17(13)23(22-16)15-10-21-18(24-15)12-6-8-20-9-7-12;3-2(4,5)1(6)7/h3-5,10-12,20H,6-9H2,1-2H3;(H,6,7). The molecule has 3 aromatic rings. The molecule has 1 aliphatic heterocycles. The van der Waals surface area contributed by atoms with E-state index in [1.54, 1.807) is 22.1 Å². The Hall–Kier alpha value is -2.53. The molecule has 0 saturated carbocycles. The fourth-order valence-corrected chi connectivity index (χ4v) is 4.42. The summed E-state index contributed by atoms with van der Waals surface area (Å²) in [6, 6.07) is 5.20. The van der Waals surface area contributed by atoms with Crippen LogP contribution in [0.5, 0.6) is 0 Å². The molecule has 2 aromatic heterocycles. The summed E-state index contributed by atoms with van der Waals surface area (Å²) in [7, 11) is 0. The molecule has 1 saturated heterocycles. The highest BCUT2D eigenvalue weighted by Gasteiger charge is 2.38. The number of rotatable bonds is 3. The van der Waals surface area contributed by atoms with Gasteiger partial charge in [-0.3, -0.25) is 0 Å². The van der Waals surface area contributed by atoms with Gasteiger partial charge in [-0.1, -0.05) is 37.3 Å². The predicted octanol–water partition coefficient (Wildman–Crippen LogP) is 4.84. The van der Waals surface area contributed by atoms with Crippen molar-refractivity contribution in [2.45, 2.75) is 44.7 Å². The summed E-state index contributed by atoms with van der Waals surface area (Å²) in [4.78, 5) is 13.5. The van der Waals surface area contributed by atoms with E-state index in [1.165, 1.54) is 6.07 Å². The van der Waals surface area contributed by atoms with Crippen molar-refractivity contribution in [2.24, 2.45) is 0 Å². The molecule has 0 atom stereocenters. The topological polar surface area (TPSA) is 80.0 Å². The number of hydrogen-bond donors (Lipinski definition) is 2. The minimum atomic E-state index is -5.08. The van der Waals surface area contributed by atoms with Crippen molar-refractivity contribution in [1.82, 2.24) is 20.1 Å². The van der Waals surface area contributed by atoms with Gasteiger partial charge in [0.1, 0.15) is 16.3 Å². The third-order valence-corrected chi connectivity index (χ3v) is 6.02. The Morgan fingerprint density at radius 1 is 1.29 bits per heavy atom. The lowest BCUT2D eigenvalue weighted by molar-refractivity contribution is -0.192. The number of carboxylic acids is 1. The van der Waals surface area contributed by atoms with Crippen LogP contribution in [-0.4, -0.2) is 45.1 Å². The number of carbonyl (C=O) groups is 1. The predicted molar refractivity (Wildman–Crippen MR) is 109 cm³/mol. The smallest absolute Gasteiger partial charge is 0.475 e. The molecule has 0 aliphatic carbocycles. The Morgan fingerprint density at radius 2 is 1.94 bits per heavy atom. The highest BCUT2D eigenvalue weighted by molar-refractivity contribution is 7.14. The first-order valence-electron chi connectivity index (χ1n) is 9.73. The number of alkyl halides is 3. The number of carboxylic acid groups (broad SMARTS) is 1. The summed E-state index contributed by atoms with van der Waals surface area (Å²) in [5.41, 5.74) is 1.49. The first-order chi connectivity index (χ1) is 14.6. The van der Waals surface area contributed by atoms with Crippen LogP contribution in [0.15, 0.2) is 24.4 Å². The van der Waals surface area contributed by atoms with E-state index in [4.69, 9.17) is 15.0 Å². The van der Waals surface area contributed by atoms with E-state index >= 15 is 0 Å². The number of nitrogens with zero attached hydrogens (tertiary/aromatic N) is 3. The second-order valence-corrected chi connectivity index (χ2v) is 8.49. The van der Waals surface area contributed by atoms with Crippen molar-refractivity contribution in [3.05, 3.63) is 40.9 Å². The molecule has 1 aliphatic rings. The lowest BCUT2D eigenvalue weighted by Crippen LogP contribution is -2.26. The minimum Gasteiger partial charge on any atom is -0.475 e. The molecule has 4 rings (SSSR count). The quantitative estimate of drug-likeness (QED) is 0.549. The first-order valence-corrected chi connectivity index (χ1v) is 10.5. The highest BCUT2D eigenvalue weighted by atomic mass is 32.1. The molecule has 168 valence electrons. The van der Waals surface area contributed by atoms with Gasteiger partial charge in [-0.2, -0.15) is 18.3 Å².